The highest BCUT2D eigenvalue weighted by atomic mass is 19.1. The monoisotopic (exact) mass is 372 g/mol. The quantitative estimate of drug-likeness (QED) is 0.811. The molecule has 1 aliphatic heterocycles. The van der Waals surface area contributed by atoms with E-state index in [9.17, 15) is 9.50 Å². The minimum Gasteiger partial charge on any atom is -0.491 e. The summed E-state index contributed by atoms with van der Waals surface area (Å²) in [5, 5.41) is 10.3. The Morgan fingerprint density at radius 2 is 1.74 bits per heavy atom. The number of aryl methyl sites for hydroxylation is 2. The third-order valence-corrected chi connectivity index (χ3v) is 5.06. The van der Waals surface area contributed by atoms with Gasteiger partial charge < -0.3 is 9.84 Å². The summed E-state index contributed by atoms with van der Waals surface area (Å²) in [6, 6.07) is 13.0. The Morgan fingerprint density at radius 1 is 1.04 bits per heavy atom. The van der Waals surface area contributed by atoms with Crippen molar-refractivity contribution in [2.24, 2.45) is 0 Å². The van der Waals surface area contributed by atoms with E-state index in [1.54, 1.807) is 6.07 Å². The molecule has 1 atom stereocenters. The van der Waals surface area contributed by atoms with Crippen LogP contribution >= 0.6 is 0 Å². The number of hydrogen-bond acceptors (Lipinski definition) is 4. The van der Waals surface area contributed by atoms with Crippen molar-refractivity contribution in [2.45, 2.75) is 26.5 Å². The number of rotatable bonds is 7. The number of hydrogen-bond donors (Lipinski definition) is 1. The molecule has 1 saturated heterocycles. The van der Waals surface area contributed by atoms with Crippen LogP contribution in [0.15, 0.2) is 42.5 Å². The Balaban J connectivity index is 1.41. The van der Waals surface area contributed by atoms with Gasteiger partial charge in [-0.05, 0) is 37.1 Å². The Labute approximate surface area is 161 Å². The summed E-state index contributed by atoms with van der Waals surface area (Å²) in [5.41, 5.74) is 2.97. The predicted octanol–water partition coefficient (Wildman–Crippen LogP) is 3.00. The highest BCUT2D eigenvalue weighted by Crippen LogP contribution is 2.19. The van der Waals surface area contributed by atoms with Gasteiger partial charge in [-0.2, -0.15) is 0 Å². The van der Waals surface area contributed by atoms with Crippen molar-refractivity contribution in [3.05, 3.63) is 65.0 Å². The van der Waals surface area contributed by atoms with Crippen LogP contribution in [0.1, 0.15) is 16.7 Å². The number of nitrogens with zero attached hydrogens (tertiary/aromatic N) is 2. The van der Waals surface area contributed by atoms with E-state index in [0.717, 1.165) is 48.6 Å². The molecule has 0 bridgehead atoms. The second-order valence-corrected chi connectivity index (χ2v) is 7.40. The smallest absolute Gasteiger partial charge is 0.127 e. The van der Waals surface area contributed by atoms with Crippen LogP contribution in [0.3, 0.4) is 0 Å². The molecule has 4 nitrogen and oxygen atoms in total. The summed E-state index contributed by atoms with van der Waals surface area (Å²) < 4.78 is 19.6. The van der Waals surface area contributed by atoms with Crippen LogP contribution in [-0.2, 0) is 6.54 Å². The topological polar surface area (TPSA) is 35.9 Å². The van der Waals surface area contributed by atoms with Gasteiger partial charge in [0.2, 0.25) is 0 Å². The first-order valence-corrected chi connectivity index (χ1v) is 9.57. The lowest BCUT2D eigenvalue weighted by Crippen LogP contribution is -2.48. The normalized spacial score (nSPS) is 17.0. The third-order valence-electron chi connectivity index (χ3n) is 5.06. The van der Waals surface area contributed by atoms with Crippen LogP contribution in [0, 0.1) is 19.7 Å². The lowest BCUT2D eigenvalue weighted by atomic mass is 10.1. The van der Waals surface area contributed by atoms with Gasteiger partial charge in [-0.25, -0.2) is 4.39 Å². The zero-order valence-corrected chi connectivity index (χ0v) is 16.2. The molecule has 0 spiro atoms. The summed E-state index contributed by atoms with van der Waals surface area (Å²) in [5.74, 6) is 0.697. The molecule has 0 unspecified atom stereocenters. The second kappa shape index (κ2) is 9.31. The van der Waals surface area contributed by atoms with Gasteiger partial charge in [0.1, 0.15) is 24.3 Å². The van der Waals surface area contributed by atoms with Gasteiger partial charge in [0.15, 0.2) is 0 Å². The van der Waals surface area contributed by atoms with Gasteiger partial charge in [0.05, 0.1) is 0 Å². The van der Waals surface area contributed by atoms with Crippen molar-refractivity contribution in [2.75, 3.05) is 39.3 Å². The van der Waals surface area contributed by atoms with Crippen molar-refractivity contribution in [3.63, 3.8) is 0 Å². The number of benzene rings is 2. The van der Waals surface area contributed by atoms with Gasteiger partial charge >= 0.3 is 0 Å². The van der Waals surface area contributed by atoms with E-state index >= 15 is 0 Å². The molecule has 0 radical (unpaired) electrons. The van der Waals surface area contributed by atoms with Crippen LogP contribution in [0.2, 0.25) is 0 Å². The van der Waals surface area contributed by atoms with E-state index in [0.29, 0.717) is 19.7 Å². The van der Waals surface area contributed by atoms with Crippen LogP contribution in [0.5, 0.6) is 5.75 Å². The maximum atomic E-state index is 13.8. The van der Waals surface area contributed by atoms with Crippen molar-refractivity contribution in [1.82, 2.24) is 9.80 Å². The number of β-amino-alcohol motifs (C(OH)–C–C–N with tert-alkyl or cyclic N) is 1. The summed E-state index contributed by atoms with van der Waals surface area (Å²) in [4.78, 5) is 4.50. The Morgan fingerprint density at radius 3 is 2.48 bits per heavy atom. The first-order valence-electron chi connectivity index (χ1n) is 9.57. The van der Waals surface area contributed by atoms with E-state index in [4.69, 9.17) is 4.74 Å². The van der Waals surface area contributed by atoms with E-state index in [1.165, 1.54) is 6.07 Å². The molecule has 2 aromatic rings. The van der Waals surface area contributed by atoms with Gasteiger partial charge in [0, 0.05) is 44.8 Å². The fraction of sp³-hybridized carbons (Fsp3) is 0.455. The summed E-state index contributed by atoms with van der Waals surface area (Å²) >= 11 is 0. The largest absolute Gasteiger partial charge is 0.491 e. The highest BCUT2D eigenvalue weighted by Gasteiger charge is 2.20. The zero-order valence-electron chi connectivity index (χ0n) is 16.2. The molecular formula is C22H29FN2O2. The molecule has 0 aromatic heterocycles. The summed E-state index contributed by atoms with van der Waals surface area (Å²) in [6.45, 7) is 9.05. The van der Waals surface area contributed by atoms with Gasteiger partial charge in [-0.3, -0.25) is 9.80 Å². The molecule has 1 heterocycles. The van der Waals surface area contributed by atoms with E-state index < -0.39 is 6.10 Å². The lowest BCUT2D eigenvalue weighted by Gasteiger charge is -2.35. The van der Waals surface area contributed by atoms with E-state index in [2.05, 4.69) is 15.9 Å². The predicted molar refractivity (Wildman–Crippen MR) is 106 cm³/mol. The number of halogens is 1. The van der Waals surface area contributed by atoms with Crippen molar-refractivity contribution < 1.29 is 14.2 Å². The average molecular weight is 372 g/mol. The van der Waals surface area contributed by atoms with Crippen molar-refractivity contribution >= 4 is 0 Å². The first kappa shape index (κ1) is 19.8. The SMILES string of the molecule is Cc1ccc(C)c(OC[C@H](O)CN2CCN(Cc3ccccc3F)CC2)c1. The number of aliphatic hydroxyl groups is 1. The molecule has 2 aromatic carbocycles. The molecule has 3 rings (SSSR count). The Hall–Kier alpha value is -1.95. The molecule has 27 heavy (non-hydrogen) atoms. The number of ether oxygens (including phenoxy) is 1. The van der Waals surface area contributed by atoms with E-state index in [1.807, 2.05) is 38.1 Å². The van der Waals surface area contributed by atoms with Gasteiger partial charge in [-0.15, -0.1) is 0 Å². The van der Waals surface area contributed by atoms with Crippen LogP contribution in [0.25, 0.3) is 0 Å². The Bertz CT molecular complexity index is 745. The van der Waals surface area contributed by atoms with E-state index in [-0.39, 0.29) is 5.82 Å². The Kier molecular flexibility index (Phi) is 6.83. The maximum absolute atomic E-state index is 13.8. The molecular weight excluding hydrogens is 343 g/mol. The van der Waals surface area contributed by atoms with Crippen LogP contribution in [-0.4, -0.2) is 60.3 Å². The van der Waals surface area contributed by atoms with Crippen molar-refractivity contribution in [1.29, 1.82) is 0 Å². The average Bonchev–Trinajstić information content (AvgIpc) is 2.66. The maximum Gasteiger partial charge on any atom is 0.127 e. The minimum atomic E-state index is -0.525. The standard InChI is InChI=1S/C22H29FN2O2/c1-17-7-8-18(2)22(13-17)27-16-20(26)15-25-11-9-24(10-12-25)14-19-5-3-4-6-21(19)23/h3-8,13,20,26H,9-12,14-16H2,1-2H3/t20-/m1/s1. The molecule has 0 saturated carbocycles. The molecule has 1 N–H and O–H groups in total. The fourth-order valence-electron chi connectivity index (χ4n) is 3.40. The van der Waals surface area contributed by atoms with Gasteiger partial charge in [-0.1, -0.05) is 30.3 Å². The number of piperazine rings is 1. The molecule has 1 fully saturated rings. The first-order chi connectivity index (χ1) is 13.0. The zero-order chi connectivity index (χ0) is 19.2. The van der Waals surface area contributed by atoms with Crippen LogP contribution < -0.4 is 4.74 Å². The van der Waals surface area contributed by atoms with Crippen LogP contribution in [0.4, 0.5) is 4.39 Å². The molecule has 146 valence electrons. The molecule has 5 heteroatoms. The second-order valence-electron chi connectivity index (χ2n) is 7.40. The molecule has 0 amide bonds. The van der Waals surface area contributed by atoms with Gasteiger partial charge in [0.25, 0.3) is 0 Å². The fourth-order valence-corrected chi connectivity index (χ4v) is 3.40. The third kappa shape index (κ3) is 5.76. The lowest BCUT2D eigenvalue weighted by molar-refractivity contribution is 0.0443. The minimum absolute atomic E-state index is 0.140. The molecule has 0 aliphatic carbocycles. The van der Waals surface area contributed by atoms with Crippen molar-refractivity contribution in [3.8, 4) is 5.75 Å². The number of aliphatic hydroxyl groups excluding tert-OH is 1. The summed E-state index contributed by atoms with van der Waals surface area (Å²) in [7, 11) is 0. The highest BCUT2D eigenvalue weighted by molar-refractivity contribution is 5.35. The summed E-state index contributed by atoms with van der Waals surface area (Å²) in [6.07, 6.45) is -0.525. The molecule has 1 aliphatic rings.